The lowest BCUT2D eigenvalue weighted by Gasteiger charge is -2.11. The van der Waals surface area contributed by atoms with Gasteiger partial charge < -0.3 is 11.1 Å². The average Bonchev–Trinajstić information content (AvgIpc) is 2.51. The Morgan fingerprint density at radius 1 is 1.27 bits per heavy atom. The second-order valence-electron chi connectivity index (χ2n) is 4.25. The van der Waals surface area contributed by atoms with Crippen LogP contribution in [0.2, 0.25) is 5.02 Å². The van der Waals surface area contributed by atoms with Crippen molar-refractivity contribution in [3.05, 3.63) is 65.7 Å². The van der Waals surface area contributed by atoms with E-state index in [2.05, 4.69) is 16.9 Å². The van der Waals surface area contributed by atoms with Crippen LogP contribution >= 0.6 is 11.6 Å². The quantitative estimate of drug-likeness (QED) is 0.906. The molecule has 1 amide bonds. The zero-order chi connectivity index (χ0) is 16.5. The molecule has 0 fully saturated rings. The number of halogens is 1. The Bertz CT molecular complexity index is 642. The molecule has 1 aromatic heterocycles. The van der Waals surface area contributed by atoms with E-state index in [0.29, 0.717) is 5.02 Å². The number of nitrogens with two attached hydrogens (primary N) is 1. The van der Waals surface area contributed by atoms with Crippen molar-refractivity contribution in [2.75, 3.05) is 0 Å². The van der Waals surface area contributed by atoms with Crippen molar-refractivity contribution >= 4 is 17.5 Å². The van der Waals surface area contributed by atoms with E-state index in [1.807, 2.05) is 38.1 Å². The molecule has 1 heterocycles. The molecule has 2 aromatic rings. The molecule has 0 saturated carbocycles. The van der Waals surface area contributed by atoms with Crippen molar-refractivity contribution in [3.63, 3.8) is 0 Å². The molecule has 22 heavy (non-hydrogen) atoms. The Hall–Kier alpha value is -2.33. The summed E-state index contributed by atoms with van der Waals surface area (Å²) in [4.78, 5) is 15.8. The van der Waals surface area contributed by atoms with Gasteiger partial charge in [-0.2, -0.15) is 0 Å². The highest BCUT2D eigenvalue weighted by atomic mass is 35.5. The average molecular weight is 318 g/mol. The van der Waals surface area contributed by atoms with Gasteiger partial charge in [0.15, 0.2) is 0 Å². The number of carbonyl (C=O) groups is 1. The van der Waals surface area contributed by atoms with Crippen molar-refractivity contribution in [3.8, 4) is 11.1 Å². The molecule has 4 nitrogen and oxygen atoms in total. The van der Waals surface area contributed by atoms with Gasteiger partial charge >= 0.3 is 0 Å². The molecule has 0 saturated heterocycles. The highest BCUT2D eigenvalue weighted by Gasteiger charge is 2.13. The number of pyridine rings is 1. The van der Waals surface area contributed by atoms with E-state index in [4.69, 9.17) is 17.3 Å². The Morgan fingerprint density at radius 2 is 1.91 bits per heavy atom. The molecule has 0 atom stereocenters. The van der Waals surface area contributed by atoms with Crippen LogP contribution in [0.5, 0.6) is 0 Å². The maximum atomic E-state index is 11.8. The van der Waals surface area contributed by atoms with E-state index in [9.17, 15) is 4.79 Å². The largest absolute Gasteiger partial charge is 0.386 e. The topological polar surface area (TPSA) is 68.0 Å². The monoisotopic (exact) mass is 317 g/mol. The first-order valence-corrected chi connectivity index (χ1v) is 7.37. The fourth-order valence-electron chi connectivity index (χ4n) is 1.92. The van der Waals surface area contributed by atoms with Crippen molar-refractivity contribution in [2.24, 2.45) is 5.73 Å². The van der Waals surface area contributed by atoms with Crippen LogP contribution in [-0.4, -0.2) is 10.9 Å². The SMILES string of the molecule is C=C(N)NC(=O)Cc1c(Cl)cccc1-c1ccncc1.CC. The molecule has 1 aromatic carbocycles. The van der Waals surface area contributed by atoms with E-state index in [1.165, 1.54) is 0 Å². The molecular formula is C17H20ClN3O. The highest BCUT2D eigenvalue weighted by molar-refractivity contribution is 6.32. The number of aromatic nitrogens is 1. The number of nitrogens with zero attached hydrogens (tertiary/aromatic N) is 1. The normalized spacial score (nSPS) is 9.41. The zero-order valence-corrected chi connectivity index (χ0v) is 13.5. The molecule has 5 heteroatoms. The molecule has 0 aliphatic heterocycles. The maximum Gasteiger partial charge on any atom is 0.229 e. The van der Waals surface area contributed by atoms with E-state index in [1.54, 1.807) is 18.5 Å². The number of nitrogens with one attached hydrogen (secondary N) is 1. The van der Waals surface area contributed by atoms with Crippen molar-refractivity contribution in [1.82, 2.24) is 10.3 Å². The van der Waals surface area contributed by atoms with Crippen LogP contribution in [0.1, 0.15) is 19.4 Å². The maximum absolute atomic E-state index is 11.8. The van der Waals surface area contributed by atoms with Crippen molar-refractivity contribution in [2.45, 2.75) is 20.3 Å². The van der Waals surface area contributed by atoms with E-state index >= 15 is 0 Å². The van der Waals surface area contributed by atoms with Gasteiger partial charge in [0.05, 0.1) is 12.2 Å². The number of carbonyl (C=O) groups excluding carboxylic acids is 1. The van der Waals surface area contributed by atoms with E-state index < -0.39 is 0 Å². The Balaban J connectivity index is 0.00000116. The van der Waals surface area contributed by atoms with Gasteiger partial charge in [0.2, 0.25) is 5.91 Å². The van der Waals surface area contributed by atoms with Crippen LogP contribution < -0.4 is 11.1 Å². The predicted molar refractivity (Wildman–Crippen MR) is 91.2 cm³/mol. The lowest BCUT2D eigenvalue weighted by atomic mass is 9.98. The minimum atomic E-state index is -0.249. The number of hydrogen-bond donors (Lipinski definition) is 2. The smallest absolute Gasteiger partial charge is 0.229 e. The first-order chi connectivity index (χ1) is 10.6. The number of hydrogen-bond acceptors (Lipinski definition) is 3. The third-order valence-electron chi connectivity index (χ3n) is 2.75. The second kappa shape index (κ2) is 8.85. The minimum absolute atomic E-state index is 0.118. The third-order valence-corrected chi connectivity index (χ3v) is 3.10. The van der Waals surface area contributed by atoms with Gasteiger partial charge in [-0.3, -0.25) is 9.78 Å². The minimum Gasteiger partial charge on any atom is -0.386 e. The van der Waals surface area contributed by atoms with Crippen LogP contribution in [0.3, 0.4) is 0 Å². The van der Waals surface area contributed by atoms with Gasteiger partial charge in [0.1, 0.15) is 0 Å². The van der Waals surface area contributed by atoms with Gasteiger partial charge in [-0.15, -0.1) is 0 Å². The van der Waals surface area contributed by atoms with Crippen LogP contribution in [-0.2, 0) is 11.2 Å². The molecule has 0 bridgehead atoms. The van der Waals surface area contributed by atoms with Gasteiger partial charge in [0.25, 0.3) is 0 Å². The predicted octanol–water partition coefficient (Wildman–Crippen LogP) is 3.52. The zero-order valence-electron chi connectivity index (χ0n) is 12.8. The molecule has 0 aliphatic carbocycles. The fraction of sp³-hybridized carbons (Fsp3) is 0.176. The van der Waals surface area contributed by atoms with Gasteiger partial charge in [-0.1, -0.05) is 44.2 Å². The van der Waals surface area contributed by atoms with Crippen LogP contribution in [0.4, 0.5) is 0 Å². The van der Waals surface area contributed by atoms with Gasteiger partial charge in [-0.05, 0) is 34.9 Å². The molecule has 0 unspecified atom stereocenters. The lowest BCUT2D eigenvalue weighted by Crippen LogP contribution is -2.28. The van der Waals surface area contributed by atoms with Crippen LogP contribution in [0, 0.1) is 0 Å². The summed E-state index contributed by atoms with van der Waals surface area (Å²) in [7, 11) is 0. The van der Waals surface area contributed by atoms with Crippen molar-refractivity contribution < 1.29 is 4.79 Å². The first-order valence-electron chi connectivity index (χ1n) is 7.00. The number of rotatable bonds is 4. The third kappa shape index (κ3) is 4.90. The first kappa shape index (κ1) is 17.7. The molecule has 0 radical (unpaired) electrons. The Kier molecular flexibility index (Phi) is 7.13. The molecule has 3 N–H and O–H groups in total. The summed E-state index contributed by atoms with van der Waals surface area (Å²) < 4.78 is 0. The Labute approximate surface area is 136 Å². The Morgan fingerprint density at radius 3 is 2.50 bits per heavy atom. The fourth-order valence-corrected chi connectivity index (χ4v) is 2.17. The number of benzene rings is 1. The van der Waals surface area contributed by atoms with Gasteiger partial charge in [-0.25, -0.2) is 0 Å². The standard InChI is InChI=1S/C15H14ClN3O.C2H6/c1-10(17)19-15(20)9-13-12(3-2-4-14(13)16)11-5-7-18-8-6-11;1-2/h2-8H,1,9,17H2,(H,19,20);1-2H3. The van der Waals surface area contributed by atoms with E-state index in [-0.39, 0.29) is 18.1 Å². The second-order valence-corrected chi connectivity index (χ2v) is 4.66. The summed E-state index contributed by atoms with van der Waals surface area (Å²) in [6, 6.07) is 9.26. The van der Waals surface area contributed by atoms with E-state index in [0.717, 1.165) is 16.7 Å². The summed E-state index contributed by atoms with van der Waals surface area (Å²) in [5.74, 6) is -0.131. The molecule has 0 aliphatic rings. The summed E-state index contributed by atoms with van der Waals surface area (Å²) in [6.45, 7) is 7.44. The van der Waals surface area contributed by atoms with Crippen molar-refractivity contribution in [1.29, 1.82) is 0 Å². The molecule has 116 valence electrons. The van der Waals surface area contributed by atoms with Crippen LogP contribution in [0.15, 0.2) is 55.1 Å². The summed E-state index contributed by atoms with van der Waals surface area (Å²) in [6.07, 6.45) is 3.52. The number of amides is 1. The molecular weight excluding hydrogens is 298 g/mol. The van der Waals surface area contributed by atoms with Crippen LogP contribution in [0.25, 0.3) is 11.1 Å². The van der Waals surface area contributed by atoms with Gasteiger partial charge in [0, 0.05) is 17.4 Å². The summed E-state index contributed by atoms with van der Waals surface area (Å²) >= 11 is 6.21. The lowest BCUT2D eigenvalue weighted by molar-refractivity contribution is -0.119. The molecule has 2 rings (SSSR count). The summed E-state index contributed by atoms with van der Waals surface area (Å²) in [5, 5.41) is 3.01. The molecule has 0 spiro atoms. The summed E-state index contributed by atoms with van der Waals surface area (Å²) in [5.41, 5.74) is 7.97. The highest BCUT2D eigenvalue weighted by Crippen LogP contribution is 2.29.